The molecule has 0 fully saturated rings. The average molecular weight is 487 g/mol. The molecule has 8 heteroatoms. The molecule has 174 valence electrons. The Morgan fingerprint density at radius 2 is 1.61 bits per heavy atom. The zero-order valence-electron chi connectivity index (χ0n) is 18.8. The molecule has 0 aromatic heterocycles. The predicted octanol–water partition coefficient (Wildman–Crippen LogP) is 5.20. The van der Waals surface area contributed by atoms with E-state index in [1.165, 1.54) is 4.31 Å². The maximum atomic E-state index is 12.7. The number of rotatable bonds is 9. The number of ether oxygens (including phenoxy) is 1. The molecule has 3 aromatic rings. The van der Waals surface area contributed by atoms with Crippen molar-refractivity contribution in [3.05, 3.63) is 94.5 Å². The first-order chi connectivity index (χ1) is 15.7. The number of carbonyl (C=O) groups is 1. The summed E-state index contributed by atoms with van der Waals surface area (Å²) in [5.41, 5.74) is 2.67. The van der Waals surface area contributed by atoms with Gasteiger partial charge in [-0.25, -0.2) is 8.42 Å². The second-order valence-electron chi connectivity index (χ2n) is 7.64. The number of nitrogens with one attached hydrogen (secondary N) is 1. The summed E-state index contributed by atoms with van der Waals surface area (Å²) in [6.45, 7) is 4.59. The van der Waals surface area contributed by atoms with E-state index in [9.17, 15) is 13.2 Å². The number of anilines is 1. The van der Waals surface area contributed by atoms with Crippen LogP contribution in [-0.2, 0) is 16.6 Å². The third-order valence-electron chi connectivity index (χ3n) is 5.10. The van der Waals surface area contributed by atoms with Crippen molar-refractivity contribution in [1.82, 2.24) is 5.32 Å². The number of benzene rings is 3. The Balaban J connectivity index is 1.71. The SMILES string of the molecule is CCOc1ccc([C@H](C)NC(=O)c2ccc(N(Cc3ccc(Cl)cc3)S(C)(=O)=O)cc2)cc1. The molecule has 0 spiro atoms. The van der Waals surface area contributed by atoms with E-state index in [4.69, 9.17) is 16.3 Å². The van der Waals surface area contributed by atoms with Crippen LogP contribution in [-0.4, -0.2) is 27.2 Å². The number of amides is 1. The quantitative estimate of drug-likeness (QED) is 0.451. The largest absolute Gasteiger partial charge is 0.494 e. The average Bonchev–Trinajstić information content (AvgIpc) is 2.78. The lowest BCUT2D eigenvalue weighted by molar-refractivity contribution is 0.0940. The Morgan fingerprint density at radius 1 is 1.00 bits per heavy atom. The van der Waals surface area contributed by atoms with E-state index in [1.807, 2.05) is 38.1 Å². The lowest BCUT2D eigenvalue weighted by atomic mass is 10.1. The van der Waals surface area contributed by atoms with Crippen LogP contribution in [0.4, 0.5) is 5.69 Å². The van der Waals surface area contributed by atoms with Gasteiger partial charge in [-0.3, -0.25) is 9.10 Å². The van der Waals surface area contributed by atoms with Gasteiger partial charge in [0.05, 0.1) is 31.1 Å². The maximum absolute atomic E-state index is 12.7. The number of hydrogen-bond acceptors (Lipinski definition) is 4. The van der Waals surface area contributed by atoms with Crippen LogP contribution in [0.3, 0.4) is 0 Å². The highest BCUT2D eigenvalue weighted by molar-refractivity contribution is 7.92. The van der Waals surface area contributed by atoms with Gasteiger partial charge in [-0.05, 0) is 73.5 Å². The Bertz CT molecular complexity index is 1180. The van der Waals surface area contributed by atoms with Crippen LogP contribution in [0.15, 0.2) is 72.8 Å². The van der Waals surface area contributed by atoms with Crippen molar-refractivity contribution in [2.24, 2.45) is 0 Å². The first-order valence-corrected chi connectivity index (χ1v) is 12.8. The van der Waals surface area contributed by atoms with Gasteiger partial charge in [-0.15, -0.1) is 0 Å². The summed E-state index contributed by atoms with van der Waals surface area (Å²) < 4.78 is 31.5. The van der Waals surface area contributed by atoms with Crippen LogP contribution in [0.25, 0.3) is 0 Å². The minimum atomic E-state index is -3.53. The molecule has 3 rings (SSSR count). The normalized spacial score (nSPS) is 12.1. The van der Waals surface area contributed by atoms with E-state index in [1.54, 1.807) is 48.5 Å². The van der Waals surface area contributed by atoms with Crippen molar-refractivity contribution in [2.45, 2.75) is 26.4 Å². The minimum Gasteiger partial charge on any atom is -0.494 e. The van der Waals surface area contributed by atoms with E-state index in [2.05, 4.69) is 5.32 Å². The fourth-order valence-electron chi connectivity index (χ4n) is 3.32. The molecule has 0 unspecified atom stereocenters. The summed E-state index contributed by atoms with van der Waals surface area (Å²) in [6.07, 6.45) is 1.15. The number of nitrogens with zero attached hydrogens (tertiary/aromatic N) is 1. The van der Waals surface area contributed by atoms with Crippen LogP contribution in [0.1, 0.15) is 41.4 Å². The van der Waals surface area contributed by atoms with Crippen LogP contribution in [0.2, 0.25) is 5.02 Å². The van der Waals surface area contributed by atoms with Crippen LogP contribution in [0, 0.1) is 0 Å². The molecule has 33 heavy (non-hydrogen) atoms. The van der Waals surface area contributed by atoms with Crippen molar-refractivity contribution in [2.75, 3.05) is 17.2 Å². The maximum Gasteiger partial charge on any atom is 0.251 e. The van der Waals surface area contributed by atoms with E-state index in [-0.39, 0.29) is 18.5 Å². The highest BCUT2D eigenvalue weighted by atomic mass is 35.5. The lowest BCUT2D eigenvalue weighted by Gasteiger charge is -2.23. The molecule has 0 saturated carbocycles. The van der Waals surface area contributed by atoms with E-state index in [0.717, 1.165) is 23.1 Å². The minimum absolute atomic E-state index is 0.163. The summed E-state index contributed by atoms with van der Waals surface area (Å²) in [6, 6.07) is 20.9. The van der Waals surface area contributed by atoms with E-state index in [0.29, 0.717) is 22.9 Å². The van der Waals surface area contributed by atoms with Gasteiger partial charge in [0.25, 0.3) is 5.91 Å². The molecule has 1 amide bonds. The molecular weight excluding hydrogens is 460 g/mol. The molecule has 3 aromatic carbocycles. The number of sulfonamides is 1. The number of hydrogen-bond donors (Lipinski definition) is 1. The standard InChI is InChI=1S/C25H27ClN2O4S/c1-4-32-24-15-9-20(10-16-24)18(2)27-25(29)21-7-13-23(14-8-21)28(33(3,30)31)17-19-5-11-22(26)12-6-19/h5-16,18H,4,17H2,1-3H3,(H,27,29)/t18-/m0/s1. The lowest BCUT2D eigenvalue weighted by Crippen LogP contribution is -2.29. The molecule has 0 bridgehead atoms. The summed E-state index contributed by atoms with van der Waals surface area (Å²) in [5.74, 6) is 0.538. The third kappa shape index (κ3) is 6.73. The second-order valence-corrected chi connectivity index (χ2v) is 9.98. The highest BCUT2D eigenvalue weighted by Gasteiger charge is 2.19. The smallest absolute Gasteiger partial charge is 0.251 e. The Labute approximate surface area is 200 Å². The van der Waals surface area contributed by atoms with Crippen molar-refractivity contribution < 1.29 is 17.9 Å². The fraction of sp³-hybridized carbons (Fsp3) is 0.240. The van der Waals surface area contributed by atoms with Gasteiger partial charge in [0.2, 0.25) is 10.0 Å². The Morgan fingerprint density at radius 3 is 2.15 bits per heavy atom. The van der Waals surface area contributed by atoms with E-state index >= 15 is 0 Å². The summed E-state index contributed by atoms with van der Waals surface area (Å²) in [5, 5.41) is 3.55. The fourth-order valence-corrected chi connectivity index (χ4v) is 4.33. The first-order valence-electron chi connectivity index (χ1n) is 10.5. The molecule has 6 nitrogen and oxygen atoms in total. The predicted molar refractivity (Wildman–Crippen MR) is 132 cm³/mol. The molecule has 0 heterocycles. The summed E-state index contributed by atoms with van der Waals surface area (Å²) in [4.78, 5) is 12.7. The van der Waals surface area contributed by atoms with Crippen LogP contribution < -0.4 is 14.4 Å². The first kappa shape index (κ1) is 24.6. The highest BCUT2D eigenvalue weighted by Crippen LogP contribution is 2.23. The molecule has 0 aliphatic heterocycles. The zero-order chi connectivity index (χ0) is 24.0. The van der Waals surface area contributed by atoms with Gasteiger partial charge in [0.15, 0.2) is 0 Å². The van der Waals surface area contributed by atoms with Gasteiger partial charge in [0.1, 0.15) is 5.75 Å². The van der Waals surface area contributed by atoms with Crippen molar-refractivity contribution in [3.8, 4) is 5.75 Å². The van der Waals surface area contributed by atoms with Crippen molar-refractivity contribution in [1.29, 1.82) is 0 Å². The molecule has 0 radical (unpaired) electrons. The molecular formula is C25H27ClN2O4S. The van der Waals surface area contributed by atoms with Gasteiger partial charge < -0.3 is 10.1 Å². The van der Waals surface area contributed by atoms with Crippen molar-refractivity contribution in [3.63, 3.8) is 0 Å². The third-order valence-corrected chi connectivity index (χ3v) is 6.49. The monoisotopic (exact) mass is 486 g/mol. The second kappa shape index (κ2) is 10.7. The van der Waals surface area contributed by atoms with E-state index < -0.39 is 10.0 Å². The summed E-state index contributed by atoms with van der Waals surface area (Å²) >= 11 is 5.92. The number of halogens is 1. The molecule has 0 saturated heterocycles. The number of carbonyl (C=O) groups excluding carboxylic acids is 1. The van der Waals surface area contributed by atoms with Crippen LogP contribution >= 0.6 is 11.6 Å². The van der Waals surface area contributed by atoms with Gasteiger partial charge in [-0.1, -0.05) is 35.9 Å². The Kier molecular flexibility index (Phi) is 8.00. The molecule has 0 aliphatic rings. The summed E-state index contributed by atoms with van der Waals surface area (Å²) in [7, 11) is -3.53. The van der Waals surface area contributed by atoms with Gasteiger partial charge >= 0.3 is 0 Å². The van der Waals surface area contributed by atoms with Crippen LogP contribution in [0.5, 0.6) is 5.75 Å². The molecule has 0 aliphatic carbocycles. The van der Waals surface area contributed by atoms with Gasteiger partial charge in [0, 0.05) is 10.6 Å². The van der Waals surface area contributed by atoms with Gasteiger partial charge in [-0.2, -0.15) is 0 Å². The van der Waals surface area contributed by atoms with Crippen molar-refractivity contribution >= 4 is 33.2 Å². The molecule has 1 atom stereocenters. The Hall–Kier alpha value is -3.03. The zero-order valence-corrected chi connectivity index (χ0v) is 20.4. The molecule has 1 N–H and O–H groups in total. The topological polar surface area (TPSA) is 75.7 Å².